The SMILES string of the molecule is CCNCc1ccc(F)c(Cn2cc(Cl)cn2)c1. The van der Waals surface area contributed by atoms with E-state index in [2.05, 4.69) is 10.4 Å². The summed E-state index contributed by atoms with van der Waals surface area (Å²) in [4.78, 5) is 0. The van der Waals surface area contributed by atoms with Crippen molar-refractivity contribution >= 4 is 11.6 Å². The van der Waals surface area contributed by atoms with E-state index in [4.69, 9.17) is 11.6 Å². The number of aromatic nitrogens is 2. The molecule has 2 aromatic rings. The molecule has 18 heavy (non-hydrogen) atoms. The Bertz CT molecular complexity index is 525. The summed E-state index contributed by atoms with van der Waals surface area (Å²) in [6.45, 7) is 4.06. The molecule has 1 aromatic carbocycles. The zero-order chi connectivity index (χ0) is 13.0. The van der Waals surface area contributed by atoms with E-state index < -0.39 is 0 Å². The van der Waals surface area contributed by atoms with E-state index in [1.807, 2.05) is 13.0 Å². The molecule has 1 heterocycles. The van der Waals surface area contributed by atoms with Gasteiger partial charge in [0.1, 0.15) is 5.82 Å². The van der Waals surface area contributed by atoms with Gasteiger partial charge >= 0.3 is 0 Å². The van der Waals surface area contributed by atoms with Gasteiger partial charge in [-0.1, -0.05) is 24.6 Å². The molecule has 0 aliphatic rings. The quantitative estimate of drug-likeness (QED) is 0.903. The molecule has 0 bridgehead atoms. The van der Waals surface area contributed by atoms with E-state index in [9.17, 15) is 4.39 Å². The van der Waals surface area contributed by atoms with E-state index >= 15 is 0 Å². The third-order valence-electron chi connectivity index (χ3n) is 2.62. The molecular formula is C13H15ClFN3. The molecule has 0 radical (unpaired) electrons. The van der Waals surface area contributed by atoms with Crippen molar-refractivity contribution in [1.82, 2.24) is 15.1 Å². The first kappa shape index (κ1) is 13.1. The van der Waals surface area contributed by atoms with Gasteiger partial charge in [-0.05, 0) is 24.2 Å². The standard InChI is InChI=1S/C13H15ClFN3/c1-2-16-6-10-3-4-13(15)11(5-10)8-18-9-12(14)7-17-18/h3-5,7,9,16H,2,6,8H2,1H3. The van der Waals surface area contributed by atoms with Gasteiger partial charge in [0.15, 0.2) is 0 Å². The maximum absolute atomic E-state index is 13.7. The van der Waals surface area contributed by atoms with Crippen LogP contribution < -0.4 is 5.32 Å². The molecule has 1 aromatic heterocycles. The minimum Gasteiger partial charge on any atom is -0.313 e. The first-order valence-electron chi connectivity index (χ1n) is 5.85. The Balaban J connectivity index is 2.15. The van der Waals surface area contributed by atoms with Gasteiger partial charge < -0.3 is 5.32 Å². The van der Waals surface area contributed by atoms with Gasteiger partial charge in [-0.2, -0.15) is 5.10 Å². The van der Waals surface area contributed by atoms with Crippen LogP contribution in [-0.4, -0.2) is 16.3 Å². The predicted molar refractivity (Wildman–Crippen MR) is 70.1 cm³/mol. The molecule has 3 nitrogen and oxygen atoms in total. The van der Waals surface area contributed by atoms with E-state index in [1.165, 1.54) is 6.07 Å². The molecule has 0 aliphatic carbocycles. The maximum atomic E-state index is 13.7. The van der Waals surface area contributed by atoms with Crippen molar-refractivity contribution in [3.8, 4) is 0 Å². The van der Waals surface area contributed by atoms with E-state index in [0.29, 0.717) is 17.1 Å². The molecule has 0 unspecified atom stereocenters. The lowest BCUT2D eigenvalue weighted by molar-refractivity contribution is 0.583. The van der Waals surface area contributed by atoms with Gasteiger partial charge in [-0.25, -0.2) is 4.39 Å². The second-order valence-corrected chi connectivity index (χ2v) is 4.50. The number of nitrogens with one attached hydrogen (secondary N) is 1. The Hall–Kier alpha value is -1.39. The molecule has 2 rings (SSSR count). The Labute approximate surface area is 111 Å². The normalized spacial score (nSPS) is 10.8. The van der Waals surface area contributed by atoms with Gasteiger partial charge in [0, 0.05) is 18.3 Å². The minimum atomic E-state index is -0.220. The molecular weight excluding hydrogens is 253 g/mol. The number of hydrogen-bond donors (Lipinski definition) is 1. The average molecular weight is 268 g/mol. The van der Waals surface area contributed by atoms with E-state index in [1.54, 1.807) is 23.1 Å². The van der Waals surface area contributed by atoms with Crippen LogP contribution in [0.15, 0.2) is 30.6 Å². The van der Waals surface area contributed by atoms with Crippen molar-refractivity contribution in [3.63, 3.8) is 0 Å². The fourth-order valence-corrected chi connectivity index (χ4v) is 1.88. The van der Waals surface area contributed by atoms with Gasteiger partial charge in [0.2, 0.25) is 0 Å². The molecule has 0 amide bonds. The van der Waals surface area contributed by atoms with Crippen molar-refractivity contribution < 1.29 is 4.39 Å². The second-order valence-electron chi connectivity index (χ2n) is 4.06. The van der Waals surface area contributed by atoms with Crippen LogP contribution in [0.1, 0.15) is 18.1 Å². The second kappa shape index (κ2) is 5.98. The number of rotatable bonds is 5. The summed E-state index contributed by atoms with van der Waals surface area (Å²) in [6.07, 6.45) is 3.22. The summed E-state index contributed by atoms with van der Waals surface area (Å²) in [6, 6.07) is 5.14. The molecule has 0 fully saturated rings. The Kier molecular flexibility index (Phi) is 4.33. The molecule has 0 saturated heterocycles. The van der Waals surface area contributed by atoms with Crippen LogP contribution in [0.4, 0.5) is 4.39 Å². The van der Waals surface area contributed by atoms with Crippen molar-refractivity contribution in [3.05, 3.63) is 52.6 Å². The number of hydrogen-bond acceptors (Lipinski definition) is 2. The van der Waals surface area contributed by atoms with Crippen LogP contribution in [-0.2, 0) is 13.1 Å². The molecule has 96 valence electrons. The molecule has 0 aliphatic heterocycles. The molecule has 1 N–H and O–H groups in total. The molecule has 0 atom stereocenters. The molecule has 5 heteroatoms. The highest BCUT2D eigenvalue weighted by atomic mass is 35.5. The third kappa shape index (κ3) is 3.31. The van der Waals surface area contributed by atoms with Crippen molar-refractivity contribution in [1.29, 1.82) is 0 Å². The largest absolute Gasteiger partial charge is 0.313 e. The third-order valence-corrected chi connectivity index (χ3v) is 2.82. The van der Waals surface area contributed by atoms with E-state index in [-0.39, 0.29) is 5.82 Å². The number of halogens is 2. The summed E-state index contributed by atoms with van der Waals surface area (Å²) < 4.78 is 15.3. The summed E-state index contributed by atoms with van der Waals surface area (Å²) in [5.74, 6) is -0.220. The first-order valence-corrected chi connectivity index (χ1v) is 6.23. The highest BCUT2D eigenvalue weighted by Gasteiger charge is 2.05. The first-order chi connectivity index (χ1) is 8.69. The smallest absolute Gasteiger partial charge is 0.128 e. The van der Waals surface area contributed by atoms with Gasteiger partial charge in [-0.3, -0.25) is 4.68 Å². The van der Waals surface area contributed by atoms with E-state index in [0.717, 1.165) is 18.7 Å². The zero-order valence-electron chi connectivity index (χ0n) is 10.2. The van der Waals surface area contributed by atoms with Crippen LogP contribution in [0, 0.1) is 5.82 Å². The lowest BCUT2D eigenvalue weighted by Gasteiger charge is -2.07. The molecule has 0 saturated carbocycles. The van der Waals surface area contributed by atoms with Crippen molar-refractivity contribution in [2.45, 2.75) is 20.0 Å². The topological polar surface area (TPSA) is 29.9 Å². The number of nitrogens with zero attached hydrogens (tertiary/aromatic N) is 2. The fourth-order valence-electron chi connectivity index (χ4n) is 1.73. The maximum Gasteiger partial charge on any atom is 0.128 e. The Morgan fingerprint density at radius 3 is 2.94 bits per heavy atom. The predicted octanol–water partition coefficient (Wildman–Crippen LogP) is 2.83. The van der Waals surface area contributed by atoms with Crippen LogP contribution in [0.3, 0.4) is 0 Å². The Morgan fingerprint density at radius 2 is 2.28 bits per heavy atom. The summed E-state index contributed by atoms with van der Waals surface area (Å²) in [5.41, 5.74) is 1.68. The monoisotopic (exact) mass is 267 g/mol. The van der Waals surface area contributed by atoms with Crippen LogP contribution >= 0.6 is 11.6 Å². The van der Waals surface area contributed by atoms with Crippen LogP contribution in [0.25, 0.3) is 0 Å². The average Bonchev–Trinajstić information content (AvgIpc) is 2.76. The summed E-state index contributed by atoms with van der Waals surface area (Å²) in [7, 11) is 0. The minimum absolute atomic E-state index is 0.220. The Morgan fingerprint density at radius 1 is 1.44 bits per heavy atom. The van der Waals surface area contributed by atoms with Gasteiger partial charge in [0.25, 0.3) is 0 Å². The number of benzene rings is 1. The van der Waals surface area contributed by atoms with Gasteiger partial charge in [0.05, 0.1) is 17.8 Å². The highest BCUT2D eigenvalue weighted by Crippen LogP contribution is 2.13. The highest BCUT2D eigenvalue weighted by molar-refractivity contribution is 6.30. The lowest BCUT2D eigenvalue weighted by atomic mass is 10.1. The summed E-state index contributed by atoms with van der Waals surface area (Å²) in [5, 5.41) is 7.81. The fraction of sp³-hybridized carbons (Fsp3) is 0.308. The lowest BCUT2D eigenvalue weighted by Crippen LogP contribution is -2.12. The summed E-state index contributed by atoms with van der Waals surface area (Å²) >= 11 is 5.78. The van der Waals surface area contributed by atoms with Gasteiger partial charge in [-0.15, -0.1) is 0 Å². The van der Waals surface area contributed by atoms with Crippen molar-refractivity contribution in [2.75, 3.05) is 6.54 Å². The van der Waals surface area contributed by atoms with Crippen LogP contribution in [0.5, 0.6) is 0 Å². The van der Waals surface area contributed by atoms with Crippen LogP contribution in [0.2, 0.25) is 5.02 Å². The van der Waals surface area contributed by atoms with Crippen molar-refractivity contribution in [2.24, 2.45) is 0 Å². The zero-order valence-corrected chi connectivity index (χ0v) is 10.9. The molecule has 0 spiro atoms.